The van der Waals surface area contributed by atoms with Gasteiger partial charge in [0.05, 0.1) is 26.3 Å². The van der Waals surface area contributed by atoms with Crippen molar-refractivity contribution in [1.82, 2.24) is 9.78 Å². The van der Waals surface area contributed by atoms with E-state index < -0.39 is 5.97 Å². The summed E-state index contributed by atoms with van der Waals surface area (Å²) in [6.45, 7) is 2.59. The van der Waals surface area contributed by atoms with Crippen molar-refractivity contribution in [2.75, 3.05) is 7.11 Å². The minimum Gasteiger partial charge on any atom is -0.481 e. The lowest BCUT2D eigenvalue weighted by molar-refractivity contribution is -0.136. The van der Waals surface area contributed by atoms with Crippen LogP contribution >= 0.6 is 0 Å². The predicted octanol–water partition coefficient (Wildman–Crippen LogP) is 1.88. The first-order valence-electron chi connectivity index (χ1n) is 5.96. The zero-order chi connectivity index (χ0) is 13.8. The summed E-state index contributed by atoms with van der Waals surface area (Å²) in [4.78, 5) is 10.7. The zero-order valence-corrected chi connectivity index (χ0v) is 11.0. The van der Waals surface area contributed by atoms with E-state index in [0.717, 1.165) is 5.56 Å². The van der Waals surface area contributed by atoms with Gasteiger partial charge in [-0.25, -0.2) is 4.68 Å². The number of hydrogen-bond donors (Lipinski definition) is 1. The Balaban J connectivity index is 2.22. The molecule has 0 amide bonds. The van der Waals surface area contributed by atoms with Crippen molar-refractivity contribution in [1.29, 1.82) is 0 Å². The molecule has 0 fully saturated rings. The molecular weight excluding hydrogens is 244 g/mol. The Morgan fingerprint density at radius 3 is 2.63 bits per heavy atom. The highest BCUT2D eigenvalue weighted by Gasteiger charge is 2.14. The fourth-order valence-corrected chi connectivity index (χ4v) is 1.91. The SMILES string of the molecule is COc1c(CC(=O)O)cnn1Cc1ccc(C)cc1. The molecule has 5 heteroatoms. The summed E-state index contributed by atoms with van der Waals surface area (Å²) in [7, 11) is 1.52. The Morgan fingerprint density at radius 1 is 1.37 bits per heavy atom. The van der Waals surface area contributed by atoms with E-state index in [1.54, 1.807) is 10.9 Å². The number of nitrogens with zero attached hydrogens (tertiary/aromatic N) is 2. The molecular formula is C14H16N2O3. The molecule has 1 N–H and O–H groups in total. The average molecular weight is 260 g/mol. The molecule has 0 unspecified atom stereocenters. The standard InChI is InChI=1S/C14H16N2O3/c1-10-3-5-11(6-4-10)9-16-14(19-2)12(8-15-16)7-13(17)18/h3-6,8H,7,9H2,1-2H3,(H,17,18). The van der Waals surface area contributed by atoms with Crippen LogP contribution in [-0.2, 0) is 17.8 Å². The molecule has 1 aromatic carbocycles. The van der Waals surface area contributed by atoms with Crippen molar-refractivity contribution in [2.45, 2.75) is 19.9 Å². The van der Waals surface area contributed by atoms with Gasteiger partial charge in [0.25, 0.3) is 0 Å². The van der Waals surface area contributed by atoms with Gasteiger partial charge in [-0.3, -0.25) is 4.79 Å². The van der Waals surface area contributed by atoms with Crippen LogP contribution < -0.4 is 4.74 Å². The highest BCUT2D eigenvalue weighted by atomic mass is 16.5. The Bertz CT molecular complexity index is 573. The van der Waals surface area contributed by atoms with Gasteiger partial charge in [0, 0.05) is 5.56 Å². The predicted molar refractivity (Wildman–Crippen MR) is 70.4 cm³/mol. The van der Waals surface area contributed by atoms with E-state index in [2.05, 4.69) is 5.10 Å². The van der Waals surface area contributed by atoms with E-state index in [1.807, 2.05) is 31.2 Å². The van der Waals surface area contributed by atoms with Crippen molar-refractivity contribution in [3.05, 3.63) is 47.2 Å². The van der Waals surface area contributed by atoms with Gasteiger partial charge in [-0.2, -0.15) is 5.10 Å². The molecule has 19 heavy (non-hydrogen) atoms. The van der Waals surface area contributed by atoms with E-state index in [1.165, 1.54) is 12.7 Å². The highest BCUT2D eigenvalue weighted by Crippen LogP contribution is 2.20. The van der Waals surface area contributed by atoms with E-state index in [0.29, 0.717) is 18.0 Å². The summed E-state index contributed by atoms with van der Waals surface area (Å²) in [6.07, 6.45) is 1.46. The van der Waals surface area contributed by atoms with E-state index in [9.17, 15) is 4.79 Å². The van der Waals surface area contributed by atoms with Crippen molar-refractivity contribution < 1.29 is 14.6 Å². The van der Waals surface area contributed by atoms with Gasteiger partial charge in [0.2, 0.25) is 5.88 Å². The third kappa shape index (κ3) is 3.13. The molecule has 2 aromatic rings. The van der Waals surface area contributed by atoms with Gasteiger partial charge in [-0.15, -0.1) is 0 Å². The second-order valence-electron chi connectivity index (χ2n) is 4.39. The molecule has 2 rings (SSSR count). The molecule has 0 bridgehead atoms. The number of carboxylic acids is 1. The van der Waals surface area contributed by atoms with Crippen LogP contribution in [0, 0.1) is 6.92 Å². The minimum absolute atomic E-state index is 0.0862. The molecule has 5 nitrogen and oxygen atoms in total. The topological polar surface area (TPSA) is 64.3 Å². The summed E-state index contributed by atoms with van der Waals surface area (Å²) in [5, 5.41) is 13.0. The molecule has 1 aromatic heterocycles. The average Bonchev–Trinajstić information content (AvgIpc) is 2.73. The van der Waals surface area contributed by atoms with Crippen molar-refractivity contribution in [3.8, 4) is 5.88 Å². The Hall–Kier alpha value is -2.30. The lowest BCUT2D eigenvalue weighted by atomic mass is 10.1. The number of carboxylic acid groups (broad SMARTS) is 1. The van der Waals surface area contributed by atoms with Crippen LogP contribution in [0.1, 0.15) is 16.7 Å². The summed E-state index contributed by atoms with van der Waals surface area (Å²) < 4.78 is 6.92. The number of aromatic nitrogens is 2. The molecule has 0 atom stereocenters. The molecule has 0 radical (unpaired) electrons. The lowest BCUT2D eigenvalue weighted by Gasteiger charge is -2.08. The molecule has 0 saturated heterocycles. The minimum atomic E-state index is -0.895. The van der Waals surface area contributed by atoms with Crippen LogP contribution in [0.15, 0.2) is 30.5 Å². The maximum atomic E-state index is 10.7. The molecule has 0 aliphatic heterocycles. The van der Waals surface area contributed by atoms with Crippen LogP contribution in [0.4, 0.5) is 0 Å². The van der Waals surface area contributed by atoms with Crippen LogP contribution in [0.2, 0.25) is 0 Å². The van der Waals surface area contributed by atoms with Gasteiger partial charge in [0.15, 0.2) is 0 Å². The number of rotatable bonds is 5. The number of aliphatic carboxylic acids is 1. The first kappa shape index (κ1) is 13.1. The van der Waals surface area contributed by atoms with Gasteiger partial charge >= 0.3 is 5.97 Å². The van der Waals surface area contributed by atoms with Gasteiger partial charge in [0.1, 0.15) is 0 Å². The summed E-state index contributed by atoms with van der Waals surface area (Å²) >= 11 is 0. The number of carbonyl (C=O) groups is 1. The van der Waals surface area contributed by atoms with Gasteiger partial charge in [-0.1, -0.05) is 29.8 Å². The third-order valence-corrected chi connectivity index (χ3v) is 2.85. The van der Waals surface area contributed by atoms with E-state index in [-0.39, 0.29) is 6.42 Å². The van der Waals surface area contributed by atoms with E-state index in [4.69, 9.17) is 9.84 Å². The van der Waals surface area contributed by atoms with Crippen LogP contribution in [0.5, 0.6) is 5.88 Å². The first-order valence-corrected chi connectivity index (χ1v) is 5.96. The van der Waals surface area contributed by atoms with Crippen LogP contribution in [0.25, 0.3) is 0 Å². The number of aryl methyl sites for hydroxylation is 1. The first-order chi connectivity index (χ1) is 9.10. The molecule has 0 saturated carbocycles. The second-order valence-corrected chi connectivity index (χ2v) is 4.39. The molecule has 0 aliphatic rings. The van der Waals surface area contributed by atoms with Gasteiger partial charge < -0.3 is 9.84 Å². The number of ether oxygens (including phenoxy) is 1. The second kappa shape index (κ2) is 5.56. The Labute approximate surface area is 111 Å². The third-order valence-electron chi connectivity index (χ3n) is 2.85. The quantitative estimate of drug-likeness (QED) is 0.891. The summed E-state index contributed by atoms with van der Waals surface area (Å²) in [5.74, 6) is -0.392. The molecule has 1 heterocycles. The van der Waals surface area contributed by atoms with Crippen molar-refractivity contribution in [3.63, 3.8) is 0 Å². The van der Waals surface area contributed by atoms with Crippen molar-refractivity contribution >= 4 is 5.97 Å². The highest BCUT2D eigenvalue weighted by molar-refractivity contribution is 5.70. The Kier molecular flexibility index (Phi) is 3.85. The van der Waals surface area contributed by atoms with Crippen molar-refractivity contribution in [2.24, 2.45) is 0 Å². The molecule has 0 spiro atoms. The fraction of sp³-hybridized carbons (Fsp3) is 0.286. The molecule has 100 valence electrons. The number of hydrogen-bond acceptors (Lipinski definition) is 3. The Morgan fingerprint density at radius 2 is 2.05 bits per heavy atom. The lowest BCUT2D eigenvalue weighted by Crippen LogP contribution is -2.06. The maximum Gasteiger partial charge on any atom is 0.308 e. The maximum absolute atomic E-state index is 10.7. The monoisotopic (exact) mass is 260 g/mol. The molecule has 0 aliphatic carbocycles. The van der Waals surface area contributed by atoms with Gasteiger partial charge in [-0.05, 0) is 12.5 Å². The number of methoxy groups -OCH3 is 1. The van der Waals surface area contributed by atoms with Crippen LogP contribution in [0.3, 0.4) is 0 Å². The smallest absolute Gasteiger partial charge is 0.308 e. The van der Waals surface area contributed by atoms with Crippen LogP contribution in [-0.4, -0.2) is 28.0 Å². The fourth-order valence-electron chi connectivity index (χ4n) is 1.91. The summed E-state index contributed by atoms with van der Waals surface area (Å²) in [6, 6.07) is 8.10. The largest absolute Gasteiger partial charge is 0.481 e. The normalized spacial score (nSPS) is 10.4. The number of benzene rings is 1. The zero-order valence-electron chi connectivity index (χ0n) is 11.0. The van der Waals surface area contributed by atoms with E-state index >= 15 is 0 Å². The summed E-state index contributed by atoms with van der Waals surface area (Å²) in [5.41, 5.74) is 2.87.